The Balaban J connectivity index is 1.50. The first kappa shape index (κ1) is 17.0. The number of carbonyl (C=O) groups excluding carboxylic acids is 1. The van der Waals surface area contributed by atoms with Gasteiger partial charge >= 0.3 is 6.03 Å². The molecule has 0 aromatic carbocycles. The molecule has 132 valence electrons. The van der Waals surface area contributed by atoms with E-state index in [0.717, 1.165) is 58.1 Å². The van der Waals surface area contributed by atoms with Crippen LogP contribution in [-0.4, -0.2) is 77.2 Å². The second kappa shape index (κ2) is 7.79. The quantitative estimate of drug-likeness (QED) is 0.900. The Kier molecular flexibility index (Phi) is 5.50. The molecule has 7 nitrogen and oxygen atoms in total. The minimum absolute atomic E-state index is 0.0687. The number of hydrogen-bond acceptors (Lipinski definition) is 5. The first-order valence-electron chi connectivity index (χ1n) is 8.95. The van der Waals surface area contributed by atoms with Crippen LogP contribution in [-0.2, 0) is 0 Å². The van der Waals surface area contributed by atoms with Gasteiger partial charge in [-0.25, -0.2) is 14.8 Å². The maximum atomic E-state index is 12.5. The number of piperidine rings is 1. The monoisotopic (exact) mass is 332 g/mol. The molecule has 24 heavy (non-hydrogen) atoms. The van der Waals surface area contributed by atoms with Crippen molar-refractivity contribution in [3.8, 4) is 0 Å². The van der Waals surface area contributed by atoms with E-state index >= 15 is 0 Å². The van der Waals surface area contributed by atoms with E-state index in [1.165, 1.54) is 0 Å². The Labute approximate surface area is 144 Å². The normalized spacial score (nSPS) is 22.7. The van der Waals surface area contributed by atoms with Crippen LogP contribution in [0.25, 0.3) is 0 Å². The highest BCUT2D eigenvalue weighted by molar-refractivity contribution is 5.74. The Morgan fingerprint density at radius 2 is 1.88 bits per heavy atom. The summed E-state index contributed by atoms with van der Waals surface area (Å²) in [6.07, 6.45) is 5.59. The lowest BCUT2D eigenvalue weighted by atomic mass is 10.1. The first-order valence-corrected chi connectivity index (χ1v) is 8.95. The van der Waals surface area contributed by atoms with Crippen LogP contribution in [0.15, 0.2) is 18.5 Å². The number of urea groups is 1. The Morgan fingerprint density at radius 1 is 1.17 bits per heavy atom. The molecule has 3 rings (SSSR count). The maximum Gasteiger partial charge on any atom is 0.317 e. The number of anilines is 1. The average Bonchev–Trinajstić information content (AvgIpc) is 2.63. The van der Waals surface area contributed by atoms with E-state index in [9.17, 15) is 4.79 Å². The van der Waals surface area contributed by atoms with Gasteiger partial charge in [-0.2, -0.15) is 0 Å². The van der Waals surface area contributed by atoms with E-state index in [-0.39, 0.29) is 12.1 Å². The van der Waals surface area contributed by atoms with Crippen molar-refractivity contribution < 1.29 is 4.79 Å². The number of nitrogens with zero attached hydrogens (tertiary/aromatic N) is 5. The molecule has 3 heterocycles. The number of rotatable bonds is 3. The molecule has 0 radical (unpaired) electrons. The summed E-state index contributed by atoms with van der Waals surface area (Å²) in [4.78, 5) is 27.7. The highest BCUT2D eigenvalue weighted by atomic mass is 16.2. The summed E-state index contributed by atoms with van der Waals surface area (Å²) in [5.41, 5.74) is 0. The fourth-order valence-electron chi connectivity index (χ4n) is 3.44. The third-order valence-electron chi connectivity index (χ3n) is 4.92. The molecular weight excluding hydrogens is 304 g/mol. The van der Waals surface area contributed by atoms with Crippen molar-refractivity contribution in [2.75, 3.05) is 44.2 Å². The number of amides is 2. The standard InChI is InChI=1S/C17H28N6O/c1-14(2)21-9-11-22(12-10-21)17(24)20-15-5-3-8-23(13-15)16-18-6-4-7-19-16/h4,6-7,14-15H,3,5,8-13H2,1-2H3,(H,20,24)/t15-/m0/s1. The molecule has 2 saturated heterocycles. The van der Waals surface area contributed by atoms with Crippen molar-refractivity contribution in [2.45, 2.75) is 38.8 Å². The summed E-state index contributed by atoms with van der Waals surface area (Å²) in [6, 6.07) is 2.61. The lowest BCUT2D eigenvalue weighted by Crippen LogP contribution is -2.56. The van der Waals surface area contributed by atoms with E-state index in [4.69, 9.17) is 0 Å². The fourth-order valence-corrected chi connectivity index (χ4v) is 3.44. The molecule has 0 spiro atoms. The van der Waals surface area contributed by atoms with Crippen molar-refractivity contribution in [1.82, 2.24) is 25.1 Å². The second-order valence-corrected chi connectivity index (χ2v) is 6.90. The Bertz CT molecular complexity index is 529. The minimum atomic E-state index is 0.0687. The van der Waals surface area contributed by atoms with Crippen molar-refractivity contribution in [1.29, 1.82) is 0 Å². The lowest BCUT2D eigenvalue weighted by molar-refractivity contribution is 0.117. The summed E-state index contributed by atoms with van der Waals surface area (Å²) < 4.78 is 0. The Morgan fingerprint density at radius 3 is 2.54 bits per heavy atom. The van der Waals surface area contributed by atoms with Crippen molar-refractivity contribution in [3.05, 3.63) is 18.5 Å². The van der Waals surface area contributed by atoms with E-state index in [0.29, 0.717) is 6.04 Å². The smallest absolute Gasteiger partial charge is 0.317 e. The van der Waals surface area contributed by atoms with E-state index in [1.54, 1.807) is 12.4 Å². The van der Waals surface area contributed by atoms with E-state index in [2.05, 4.69) is 38.9 Å². The summed E-state index contributed by atoms with van der Waals surface area (Å²) in [7, 11) is 0. The molecule has 0 bridgehead atoms. The lowest BCUT2D eigenvalue weighted by Gasteiger charge is -2.38. The average molecular weight is 332 g/mol. The third-order valence-corrected chi connectivity index (χ3v) is 4.92. The summed E-state index contributed by atoms with van der Waals surface area (Å²) in [5.74, 6) is 0.752. The predicted octanol–water partition coefficient (Wildman–Crippen LogP) is 1.18. The van der Waals surface area contributed by atoms with Gasteiger partial charge in [0, 0.05) is 63.7 Å². The molecule has 1 aromatic rings. The predicted molar refractivity (Wildman–Crippen MR) is 94.1 cm³/mol. The van der Waals surface area contributed by atoms with Gasteiger partial charge in [-0.1, -0.05) is 0 Å². The van der Waals surface area contributed by atoms with Crippen molar-refractivity contribution in [2.24, 2.45) is 0 Å². The van der Waals surface area contributed by atoms with Crippen LogP contribution in [0, 0.1) is 0 Å². The molecular formula is C17H28N6O. The molecule has 0 aliphatic carbocycles. The molecule has 1 aromatic heterocycles. The van der Waals surface area contributed by atoms with E-state index in [1.807, 2.05) is 11.0 Å². The highest BCUT2D eigenvalue weighted by Gasteiger charge is 2.27. The van der Waals surface area contributed by atoms with Gasteiger partial charge in [-0.15, -0.1) is 0 Å². The maximum absolute atomic E-state index is 12.5. The van der Waals surface area contributed by atoms with Crippen molar-refractivity contribution in [3.63, 3.8) is 0 Å². The third kappa shape index (κ3) is 4.14. The van der Waals surface area contributed by atoms with Gasteiger partial charge in [0.1, 0.15) is 0 Å². The van der Waals surface area contributed by atoms with Gasteiger partial charge in [0.05, 0.1) is 0 Å². The fraction of sp³-hybridized carbons (Fsp3) is 0.706. The minimum Gasteiger partial charge on any atom is -0.339 e. The van der Waals surface area contributed by atoms with Crippen LogP contribution in [0.4, 0.5) is 10.7 Å². The number of aromatic nitrogens is 2. The van der Waals surface area contributed by atoms with Crippen LogP contribution >= 0.6 is 0 Å². The van der Waals surface area contributed by atoms with E-state index < -0.39 is 0 Å². The molecule has 0 saturated carbocycles. The molecule has 1 atom stereocenters. The van der Waals surface area contributed by atoms with Gasteiger partial charge in [0.15, 0.2) is 0 Å². The van der Waals surface area contributed by atoms with Crippen LogP contribution in [0.3, 0.4) is 0 Å². The zero-order valence-corrected chi connectivity index (χ0v) is 14.7. The van der Waals surface area contributed by atoms with Gasteiger partial charge in [0.25, 0.3) is 0 Å². The molecule has 1 N–H and O–H groups in total. The molecule has 0 unspecified atom stereocenters. The summed E-state index contributed by atoms with van der Waals surface area (Å²) >= 11 is 0. The molecule has 7 heteroatoms. The number of piperazine rings is 1. The number of carbonyl (C=O) groups is 1. The zero-order chi connectivity index (χ0) is 16.9. The molecule has 2 aliphatic heterocycles. The summed E-state index contributed by atoms with van der Waals surface area (Å²) in [6.45, 7) is 9.67. The molecule has 2 aliphatic rings. The highest BCUT2D eigenvalue weighted by Crippen LogP contribution is 2.16. The van der Waals surface area contributed by atoms with Gasteiger partial charge in [-0.3, -0.25) is 4.90 Å². The first-order chi connectivity index (χ1) is 11.6. The topological polar surface area (TPSA) is 64.6 Å². The van der Waals surface area contributed by atoms with Crippen LogP contribution in [0.1, 0.15) is 26.7 Å². The zero-order valence-electron chi connectivity index (χ0n) is 14.7. The van der Waals surface area contributed by atoms with Gasteiger partial charge < -0.3 is 15.1 Å². The van der Waals surface area contributed by atoms with Crippen LogP contribution in [0.2, 0.25) is 0 Å². The Hall–Kier alpha value is -1.89. The number of hydrogen-bond donors (Lipinski definition) is 1. The van der Waals surface area contributed by atoms with Gasteiger partial charge in [0.2, 0.25) is 5.95 Å². The molecule has 2 amide bonds. The van der Waals surface area contributed by atoms with Crippen molar-refractivity contribution >= 4 is 12.0 Å². The SMILES string of the molecule is CC(C)N1CCN(C(=O)N[C@H]2CCCN(c3ncccn3)C2)CC1. The second-order valence-electron chi connectivity index (χ2n) is 6.90. The number of nitrogens with one attached hydrogen (secondary N) is 1. The van der Waals surface area contributed by atoms with Crippen LogP contribution in [0.5, 0.6) is 0 Å². The summed E-state index contributed by atoms with van der Waals surface area (Å²) in [5, 5.41) is 3.20. The van der Waals surface area contributed by atoms with Gasteiger partial charge in [-0.05, 0) is 32.8 Å². The largest absolute Gasteiger partial charge is 0.339 e. The van der Waals surface area contributed by atoms with Crippen LogP contribution < -0.4 is 10.2 Å². The molecule has 2 fully saturated rings.